The molecular formula is C22H18O2S2. The highest BCUT2D eigenvalue weighted by molar-refractivity contribution is 7.21. The molecule has 0 amide bonds. The Hall–Kier alpha value is -2.56. The third kappa shape index (κ3) is 3.26. The van der Waals surface area contributed by atoms with Gasteiger partial charge in [0.15, 0.2) is 0 Å². The lowest BCUT2D eigenvalue weighted by molar-refractivity contribution is 0.415. The molecule has 0 spiro atoms. The molecule has 0 bridgehead atoms. The number of hydrogen-bond donors (Lipinski definition) is 0. The Morgan fingerprint density at radius 2 is 1.27 bits per heavy atom. The Labute approximate surface area is 161 Å². The summed E-state index contributed by atoms with van der Waals surface area (Å²) in [7, 11) is 3.38. The molecule has 0 aliphatic carbocycles. The summed E-state index contributed by atoms with van der Waals surface area (Å²) < 4.78 is 10.5. The smallest absolute Gasteiger partial charge is 0.118 e. The molecule has 2 aromatic heterocycles. The first-order chi connectivity index (χ1) is 12.8. The molecule has 2 nitrogen and oxygen atoms in total. The van der Waals surface area contributed by atoms with Crippen molar-refractivity contribution >= 4 is 22.7 Å². The minimum atomic E-state index is 0.878. The highest BCUT2D eigenvalue weighted by Crippen LogP contribution is 2.42. The fraction of sp³-hybridized carbons (Fsp3) is 0.0909. The molecule has 0 unspecified atom stereocenters. The summed E-state index contributed by atoms with van der Waals surface area (Å²) in [4.78, 5) is 2.59. The predicted octanol–water partition coefficient (Wildman–Crippen LogP) is 6.83. The number of rotatable bonds is 5. The lowest BCUT2D eigenvalue weighted by atomic mass is 10.0. The molecule has 0 aliphatic heterocycles. The van der Waals surface area contributed by atoms with E-state index in [-0.39, 0.29) is 0 Å². The predicted molar refractivity (Wildman–Crippen MR) is 112 cm³/mol. The Bertz CT molecular complexity index is 995. The molecule has 0 aliphatic rings. The van der Waals surface area contributed by atoms with Gasteiger partial charge in [-0.05, 0) is 63.8 Å². The third-order valence-electron chi connectivity index (χ3n) is 4.31. The maximum absolute atomic E-state index is 5.27. The van der Waals surface area contributed by atoms with Crippen molar-refractivity contribution < 1.29 is 9.47 Å². The summed E-state index contributed by atoms with van der Waals surface area (Å²) >= 11 is 3.56. The summed E-state index contributed by atoms with van der Waals surface area (Å²) in [6.07, 6.45) is 0. The van der Waals surface area contributed by atoms with E-state index in [1.807, 2.05) is 24.3 Å². The van der Waals surface area contributed by atoms with Gasteiger partial charge in [0.05, 0.1) is 19.1 Å². The largest absolute Gasteiger partial charge is 0.497 e. The quantitative estimate of drug-likeness (QED) is 0.379. The standard InChI is InChI=1S/C22H18O2S2/c1-23-18-7-3-15(4-8-18)17-13-21(26-14-17)22-20(11-12-25-22)16-5-9-19(24-2)10-6-16/h3-14H,1-2H3. The van der Waals surface area contributed by atoms with Crippen LogP contribution in [0.25, 0.3) is 32.0 Å². The zero-order valence-corrected chi connectivity index (χ0v) is 16.2. The minimum absolute atomic E-state index is 0.878. The molecule has 0 radical (unpaired) electrons. The van der Waals surface area contributed by atoms with Gasteiger partial charge in [-0.2, -0.15) is 0 Å². The van der Waals surface area contributed by atoms with Crippen molar-refractivity contribution in [3.05, 3.63) is 71.4 Å². The first kappa shape index (κ1) is 16.9. The maximum Gasteiger partial charge on any atom is 0.118 e. The Morgan fingerprint density at radius 1 is 0.654 bits per heavy atom. The molecule has 2 aromatic carbocycles. The molecule has 4 rings (SSSR count). The third-order valence-corrected chi connectivity index (χ3v) is 6.34. The van der Waals surface area contributed by atoms with Crippen LogP contribution in [-0.4, -0.2) is 14.2 Å². The highest BCUT2D eigenvalue weighted by atomic mass is 32.1. The number of ether oxygens (including phenoxy) is 2. The molecule has 0 saturated heterocycles. The van der Waals surface area contributed by atoms with E-state index in [2.05, 4.69) is 47.2 Å². The Balaban J connectivity index is 1.66. The van der Waals surface area contributed by atoms with E-state index in [1.165, 1.54) is 32.0 Å². The number of benzene rings is 2. The van der Waals surface area contributed by atoms with Crippen molar-refractivity contribution in [1.29, 1.82) is 0 Å². The summed E-state index contributed by atoms with van der Waals surface area (Å²) in [5.41, 5.74) is 4.92. The van der Waals surface area contributed by atoms with E-state index >= 15 is 0 Å². The topological polar surface area (TPSA) is 18.5 Å². The van der Waals surface area contributed by atoms with Crippen LogP contribution in [0.15, 0.2) is 71.4 Å². The van der Waals surface area contributed by atoms with Crippen molar-refractivity contribution in [3.63, 3.8) is 0 Å². The maximum atomic E-state index is 5.27. The average molecular weight is 379 g/mol. The minimum Gasteiger partial charge on any atom is -0.497 e. The van der Waals surface area contributed by atoms with E-state index in [9.17, 15) is 0 Å². The zero-order chi connectivity index (χ0) is 17.9. The lowest BCUT2D eigenvalue weighted by Crippen LogP contribution is -1.82. The van der Waals surface area contributed by atoms with Crippen LogP contribution < -0.4 is 9.47 Å². The Kier molecular flexibility index (Phi) is 4.78. The molecule has 130 valence electrons. The number of thiophene rings is 2. The van der Waals surface area contributed by atoms with E-state index in [4.69, 9.17) is 9.47 Å². The number of hydrogen-bond acceptors (Lipinski definition) is 4. The van der Waals surface area contributed by atoms with Crippen molar-refractivity contribution in [1.82, 2.24) is 0 Å². The SMILES string of the molecule is COc1ccc(-c2csc(-c3sccc3-c3ccc(OC)cc3)c2)cc1. The summed E-state index contributed by atoms with van der Waals surface area (Å²) in [6, 6.07) is 20.9. The van der Waals surface area contributed by atoms with Crippen LogP contribution >= 0.6 is 22.7 Å². The average Bonchev–Trinajstić information content (AvgIpc) is 3.37. The summed E-state index contributed by atoms with van der Waals surface area (Å²) in [6.45, 7) is 0. The van der Waals surface area contributed by atoms with Gasteiger partial charge in [-0.25, -0.2) is 0 Å². The summed E-state index contributed by atoms with van der Waals surface area (Å²) in [5, 5.41) is 4.37. The van der Waals surface area contributed by atoms with Gasteiger partial charge in [-0.1, -0.05) is 24.3 Å². The normalized spacial score (nSPS) is 10.7. The van der Waals surface area contributed by atoms with Gasteiger partial charge in [0.2, 0.25) is 0 Å². The van der Waals surface area contributed by atoms with Crippen LogP contribution in [0.5, 0.6) is 11.5 Å². The van der Waals surface area contributed by atoms with Gasteiger partial charge in [0.25, 0.3) is 0 Å². The van der Waals surface area contributed by atoms with Crippen molar-refractivity contribution in [3.8, 4) is 43.5 Å². The molecule has 0 saturated carbocycles. The van der Waals surface area contributed by atoms with Gasteiger partial charge in [0, 0.05) is 10.4 Å². The van der Waals surface area contributed by atoms with E-state index in [0.29, 0.717) is 0 Å². The molecule has 4 aromatic rings. The van der Waals surface area contributed by atoms with Gasteiger partial charge >= 0.3 is 0 Å². The molecule has 2 heterocycles. The lowest BCUT2D eigenvalue weighted by Gasteiger charge is -2.04. The van der Waals surface area contributed by atoms with E-state index in [1.54, 1.807) is 36.9 Å². The van der Waals surface area contributed by atoms with Crippen LogP contribution in [0.2, 0.25) is 0 Å². The fourth-order valence-corrected chi connectivity index (χ4v) is 4.88. The van der Waals surface area contributed by atoms with E-state index in [0.717, 1.165) is 11.5 Å². The van der Waals surface area contributed by atoms with Crippen LogP contribution in [-0.2, 0) is 0 Å². The molecule has 0 fully saturated rings. The number of methoxy groups -OCH3 is 2. The van der Waals surface area contributed by atoms with E-state index < -0.39 is 0 Å². The van der Waals surface area contributed by atoms with Crippen LogP contribution in [0, 0.1) is 0 Å². The van der Waals surface area contributed by atoms with Crippen molar-refractivity contribution in [2.24, 2.45) is 0 Å². The van der Waals surface area contributed by atoms with Crippen molar-refractivity contribution in [2.75, 3.05) is 14.2 Å². The monoisotopic (exact) mass is 378 g/mol. The fourth-order valence-electron chi connectivity index (χ4n) is 2.89. The van der Waals surface area contributed by atoms with Crippen LogP contribution in [0.1, 0.15) is 0 Å². The van der Waals surface area contributed by atoms with Crippen LogP contribution in [0.4, 0.5) is 0 Å². The van der Waals surface area contributed by atoms with Crippen LogP contribution in [0.3, 0.4) is 0 Å². The molecule has 0 atom stereocenters. The highest BCUT2D eigenvalue weighted by Gasteiger charge is 2.12. The second-order valence-electron chi connectivity index (χ2n) is 5.82. The first-order valence-corrected chi connectivity index (χ1v) is 9.99. The molecular weight excluding hydrogens is 360 g/mol. The van der Waals surface area contributed by atoms with Gasteiger partial charge in [-0.15, -0.1) is 22.7 Å². The van der Waals surface area contributed by atoms with Gasteiger partial charge in [0.1, 0.15) is 11.5 Å². The second-order valence-corrected chi connectivity index (χ2v) is 7.65. The molecule has 4 heteroatoms. The summed E-state index contributed by atoms with van der Waals surface area (Å²) in [5.74, 6) is 1.76. The van der Waals surface area contributed by atoms with Gasteiger partial charge in [-0.3, -0.25) is 0 Å². The zero-order valence-electron chi connectivity index (χ0n) is 14.6. The first-order valence-electron chi connectivity index (χ1n) is 8.24. The Morgan fingerprint density at radius 3 is 1.88 bits per heavy atom. The molecule has 0 N–H and O–H groups in total. The molecule has 26 heavy (non-hydrogen) atoms. The van der Waals surface area contributed by atoms with Crippen molar-refractivity contribution in [2.45, 2.75) is 0 Å². The van der Waals surface area contributed by atoms with Gasteiger partial charge < -0.3 is 9.47 Å². The second kappa shape index (κ2) is 7.36.